The van der Waals surface area contributed by atoms with Crippen molar-refractivity contribution in [3.63, 3.8) is 0 Å². The van der Waals surface area contributed by atoms with Gasteiger partial charge >= 0.3 is 0 Å². The first-order valence-corrected chi connectivity index (χ1v) is 18.2. The molecule has 0 N–H and O–H groups in total. The van der Waals surface area contributed by atoms with E-state index in [2.05, 4.69) is 181 Å². The van der Waals surface area contributed by atoms with E-state index in [9.17, 15) is 0 Å². The Bertz CT molecular complexity index is 2830. The molecule has 10 rings (SSSR count). The summed E-state index contributed by atoms with van der Waals surface area (Å²) in [6.45, 7) is 0. The molecule has 0 radical (unpaired) electrons. The number of fused-ring (bicyclic) bond motifs is 7. The molecule has 10 aromatic rings. The van der Waals surface area contributed by atoms with Gasteiger partial charge in [-0.15, -0.1) is 22.7 Å². The minimum atomic E-state index is 1.15. The van der Waals surface area contributed by atoms with Crippen LogP contribution in [0.1, 0.15) is 0 Å². The highest BCUT2D eigenvalue weighted by atomic mass is 32.1. The summed E-state index contributed by atoms with van der Waals surface area (Å²) < 4.78 is 5.20. The van der Waals surface area contributed by atoms with E-state index in [4.69, 9.17) is 0 Å². The lowest BCUT2D eigenvalue weighted by atomic mass is 9.99. The molecule has 0 atom stereocenters. The molecule has 2 aromatic heterocycles. The normalized spacial score (nSPS) is 11.7. The Morgan fingerprint density at radius 1 is 0.367 bits per heavy atom. The largest absolute Gasteiger partial charge is 0.308 e. The van der Waals surface area contributed by atoms with E-state index in [0.717, 1.165) is 5.69 Å². The number of nitrogens with zero attached hydrogens (tertiary/aromatic N) is 1. The fourth-order valence-corrected chi connectivity index (χ4v) is 9.84. The highest BCUT2D eigenvalue weighted by molar-refractivity contribution is 7.27. The number of thiophene rings is 2. The zero-order valence-electron chi connectivity index (χ0n) is 26.5. The first kappa shape index (κ1) is 28.3. The molecule has 49 heavy (non-hydrogen) atoms. The van der Waals surface area contributed by atoms with E-state index in [1.807, 2.05) is 22.7 Å². The summed E-state index contributed by atoms with van der Waals surface area (Å²) in [6.07, 6.45) is 0. The number of hydrogen-bond donors (Lipinski definition) is 0. The van der Waals surface area contributed by atoms with Crippen molar-refractivity contribution in [2.24, 2.45) is 0 Å². The van der Waals surface area contributed by atoms with Crippen molar-refractivity contribution < 1.29 is 0 Å². The molecule has 2 heterocycles. The lowest BCUT2D eigenvalue weighted by Gasteiger charge is -2.28. The van der Waals surface area contributed by atoms with Crippen LogP contribution in [0.4, 0.5) is 17.1 Å². The van der Waals surface area contributed by atoms with Crippen LogP contribution in [0.2, 0.25) is 0 Å². The third-order valence-electron chi connectivity index (χ3n) is 9.65. The van der Waals surface area contributed by atoms with Crippen LogP contribution in [0.3, 0.4) is 0 Å². The molecule has 0 saturated heterocycles. The van der Waals surface area contributed by atoms with Crippen molar-refractivity contribution >= 4 is 90.9 Å². The maximum Gasteiger partial charge on any atom is 0.0640 e. The average molecular weight is 660 g/mol. The van der Waals surface area contributed by atoms with Gasteiger partial charge in [-0.05, 0) is 69.4 Å². The minimum absolute atomic E-state index is 1.15. The summed E-state index contributed by atoms with van der Waals surface area (Å²) in [4.78, 5) is 2.51. The Morgan fingerprint density at radius 3 is 1.94 bits per heavy atom. The van der Waals surface area contributed by atoms with E-state index in [0.29, 0.717) is 0 Å². The minimum Gasteiger partial charge on any atom is -0.308 e. The van der Waals surface area contributed by atoms with Crippen LogP contribution in [0, 0.1) is 0 Å². The van der Waals surface area contributed by atoms with E-state index in [1.54, 1.807) is 0 Å². The first-order chi connectivity index (χ1) is 24.3. The highest BCUT2D eigenvalue weighted by Gasteiger charge is 2.23. The van der Waals surface area contributed by atoms with Gasteiger partial charge in [0.1, 0.15) is 0 Å². The molecule has 0 amide bonds. The Hall–Kier alpha value is -5.74. The van der Waals surface area contributed by atoms with Crippen LogP contribution in [0.25, 0.3) is 73.4 Å². The molecule has 0 unspecified atom stereocenters. The number of anilines is 3. The fourth-order valence-electron chi connectivity index (χ4n) is 7.34. The van der Waals surface area contributed by atoms with Gasteiger partial charge in [-0.25, -0.2) is 0 Å². The Balaban J connectivity index is 1.28. The van der Waals surface area contributed by atoms with E-state index in [-0.39, 0.29) is 0 Å². The van der Waals surface area contributed by atoms with Crippen molar-refractivity contribution in [3.8, 4) is 22.3 Å². The second kappa shape index (κ2) is 11.5. The molecule has 0 saturated carbocycles. The van der Waals surface area contributed by atoms with Crippen molar-refractivity contribution in [1.29, 1.82) is 0 Å². The quantitative estimate of drug-likeness (QED) is 0.178. The standard InChI is InChI=1S/C46H29NS2/c1-3-12-30(13-4-1)34-23-25-37-38-19-11-20-41(45(38)49-43(37)29-34)47(35-24-22-31-14-7-8-17-33(31)28-35)40-27-26-36(32-15-5-2-6-16-32)46-44(40)39-18-9-10-21-42(39)48-46/h1-29H. The van der Waals surface area contributed by atoms with Gasteiger partial charge in [-0.2, -0.15) is 0 Å². The summed E-state index contributed by atoms with van der Waals surface area (Å²) >= 11 is 3.78. The molecule has 0 bridgehead atoms. The lowest BCUT2D eigenvalue weighted by molar-refractivity contribution is 1.33. The van der Waals surface area contributed by atoms with Crippen molar-refractivity contribution in [2.75, 3.05) is 4.90 Å². The molecule has 8 aromatic carbocycles. The Labute approximate surface area is 292 Å². The topological polar surface area (TPSA) is 3.24 Å². The lowest BCUT2D eigenvalue weighted by Crippen LogP contribution is -2.10. The smallest absolute Gasteiger partial charge is 0.0640 e. The number of benzene rings is 8. The van der Waals surface area contributed by atoms with Gasteiger partial charge in [-0.1, -0.05) is 140 Å². The predicted octanol–water partition coefficient (Wildman–Crippen LogP) is 14.4. The second-order valence-electron chi connectivity index (χ2n) is 12.5. The molecule has 0 aliphatic carbocycles. The third-order valence-corrected chi connectivity index (χ3v) is 12.0. The van der Waals surface area contributed by atoms with Crippen LogP contribution in [-0.2, 0) is 0 Å². The molecule has 1 nitrogen and oxygen atoms in total. The monoisotopic (exact) mass is 659 g/mol. The second-order valence-corrected chi connectivity index (χ2v) is 14.6. The Morgan fingerprint density at radius 2 is 1.08 bits per heavy atom. The molecule has 230 valence electrons. The van der Waals surface area contributed by atoms with Gasteiger partial charge in [0.15, 0.2) is 0 Å². The van der Waals surface area contributed by atoms with Gasteiger partial charge in [-0.3, -0.25) is 0 Å². The zero-order chi connectivity index (χ0) is 32.3. The van der Waals surface area contributed by atoms with Crippen LogP contribution >= 0.6 is 22.7 Å². The zero-order valence-corrected chi connectivity index (χ0v) is 28.1. The van der Waals surface area contributed by atoms with Gasteiger partial charge in [0.25, 0.3) is 0 Å². The Kier molecular flexibility index (Phi) is 6.61. The van der Waals surface area contributed by atoms with E-state index >= 15 is 0 Å². The molecule has 0 aliphatic rings. The van der Waals surface area contributed by atoms with Gasteiger partial charge in [0, 0.05) is 41.3 Å². The average Bonchev–Trinajstić information content (AvgIpc) is 3.75. The van der Waals surface area contributed by atoms with Crippen LogP contribution < -0.4 is 4.90 Å². The van der Waals surface area contributed by atoms with Gasteiger partial charge < -0.3 is 4.90 Å². The van der Waals surface area contributed by atoms with Gasteiger partial charge in [0.2, 0.25) is 0 Å². The summed E-state index contributed by atoms with van der Waals surface area (Å²) in [5.41, 5.74) is 8.53. The molecule has 0 spiro atoms. The molecule has 0 fully saturated rings. The maximum atomic E-state index is 2.51. The predicted molar refractivity (Wildman–Crippen MR) is 215 cm³/mol. The van der Waals surface area contributed by atoms with E-state index in [1.165, 1.54) is 84.7 Å². The van der Waals surface area contributed by atoms with Crippen LogP contribution in [0.5, 0.6) is 0 Å². The van der Waals surface area contributed by atoms with Crippen LogP contribution in [-0.4, -0.2) is 0 Å². The summed E-state index contributed by atoms with van der Waals surface area (Å²) in [7, 11) is 0. The molecule has 0 aliphatic heterocycles. The summed E-state index contributed by atoms with van der Waals surface area (Å²) in [5.74, 6) is 0. The van der Waals surface area contributed by atoms with Crippen LogP contribution in [0.15, 0.2) is 176 Å². The fraction of sp³-hybridized carbons (Fsp3) is 0. The van der Waals surface area contributed by atoms with Crippen molar-refractivity contribution in [3.05, 3.63) is 176 Å². The highest BCUT2D eigenvalue weighted by Crippen LogP contribution is 2.51. The third kappa shape index (κ3) is 4.66. The van der Waals surface area contributed by atoms with E-state index < -0.39 is 0 Å². The molecular weight excluding hydrogens is 631 g/mol. The summed E-state index contributed by atoms with van der Waals surface area (Å²) in [6, 6.07) is 64.3. The van der Waals surface area contributed by atoms with Crippen molar-refractivity contribution in [1.82, 2.24) is 0 Å². The van der Waals surface area contributed by atoms with Crippen molar-refractivity contribution in [2.45, 2.75) is 0 Å². The SMILES string of the molecule is c1ccc(-c2ccc3c(c2)sc2c(N(c4ccc5ccccc5c4)c4ccc(-c5ccccc5)c5sc6ccccc6c45)cccc23)cc1. The maximum absolute atomic E-state index is 2.51. The van der Waals surface area contributed by atoms with Gasteiger partial charge in [0.05, 0.1) is 16.1 Å². The first-order valence-electron chi connectivity index (χ1n) is 16.6. The number of hydrogen-bond acceptors (Lipinski definition) is 3. The molecular formula is C46H29NS2. The number of rotatable bonds is 5. The molecule has 3 heteroatoms. The summed E-state index contributed by atoms with van der Waals surface area (Å²) in [5, 5.41) is 7.64.